The maximum atomic E-state index is 12.1. The van der Waals surface area contributed by atoms with Crippen LogP contribution in [0.3, 0.4) is 0 Å². The summed E-state index contributed by atoms with van der Waals surface area (Å²) in [7, 11) is 1.61. The molecule has 0 aliphatic heterocycles. The van der Waals surface area contributed by atoms with Gasteiger partial charge in [-0.05, 0) is 49.2 Å². The fourth-order valence-corrected chi connectivity index (χ4v) is 3.02. The zero-order chi connectivity index (χ0) is 18.5. The fraction of sp³-hybridized carbons (Fsp3) is 0.211. The second kappa shape index (κ2) is 8.05. The normalized spacial score (nSPS) is 10.6. The van der Waals surface area contributed by atoms with E-state index in [0.29, 0.717) is 16.7 Å². The number of rotatable bonds is 6. The number of amides is 1. The van der Waals surface area contributed by atoms with Gasteiger partial charge in [0.15, 0.2) is 5.82 Å². The molecule has 134 valence electrons. The Bertz CT molecular complexity index is 923. The molecular formula is C19H20N4O2S. The number of thioether (sulfide) groups is 1. The van der Waals surface area contributed by atoms with E-state index in [4.69, 9.17) is 4.74 Å². The molecule has 0 spiro atoms. The van der Waals surface area contributed by atoms with Gasteiger partial charge in [-0.15, -0.1) is 5.10 Å². The quantitative estimate of drug-likeness (QED) is 0.647. The Balaban J connectivity index is 1.61. The van der Waals surface area contributed by atoms with Crippen molar-refractivity contribution >= 4 is 23.4 Å². The highest BCUT2D eigenvalue weighted by Crippen LogP contribution is 2.28. The summed E-state index contributed by atoms with van der Waals surface area (Å²) in [5, 5.41) is 10.5. The van der Waals surface area contributed by atoms with E-state index >= 15 is 0 Å². The number of aromatic nitrogens is 3. The van der Waals surface area contributed by atoms with Crippen LogP contribution in [0.15, 0.2) is 47.6 Å². The molecule has 0 aliphatic carbocycles. The molecule has 1 aromatic heterocycles. The van der Waals surface area contributed by atoms with Gasteiger partial charge in [0.2, 0.25) is 11.1 Å². The van der Waals surface area contributed by atoms with E-state index in [-0.39, 0.29) is 11.7 Å². The number of carbonyl (C=O) groups excluding carboxylic acids is 1. The molecule has 26 heavy (non-hydrogen) atoms. The molecular weight excluding hydrogens is 348 g/mol. The summed E-state index contributed by atoms with van der Waals surface area (Å²) in [4.78, 5) is 16.6. The summed E-state index contributed by atoms with van der Waals surface area (Å²) in [6.07, 6.45) is 0. The second-order valence-corrected chi connectivity index (χ2v) is 6.75. The van der Waals surface area contributed by atoms with Crippen LogP contribution in [0.2, 0.25) is 0 Å². The van der Waals surface area contributed by atoms with Crippen LogP contribution in [0, 0.1) is 13.8 Å². The monoisotopic (exact) mass is 368 g/mol. The van der Waals surface area contributed by atoms with Crippen LogP contribution in [0.1, 0.15) is 11.1 Å². The van der Waals surface area contributed by atoms with Gasteiger partial charge >= 0.3 is 0 Å². The molecule has 0 radical (unpaired) electrons. The van der Waals surface area contributed by atoms with Crippen LogP contribution in [-0.2, 0) is 4.79 Å². The lowest BCUT2D eigenvalue weighted by atomic mass is 10.1. The van der Waals surface area contributed by atoms with Crippen molar-refractivity contribution in [2.24, 2.45) is 0 Å². The first-order valence-electron chi connectivity index (χ1n) is 8.12. The van der Waals surface area contributed by atoms with Crippen LogP contribution in [0.25, 0.3) is 11.4 Å². The van der Waals surface area contributed by atoms with Crippen molar-refractivity contribution in [3.8, 4) is 17.1 Å². The highest BCUT2D eigenvalue weighted by atomic mass is 32.2. The predicted molar refractivity (Wildman–Crippen MR) is 104 cm³/mol. The van der Waals surface area contributed by atoms with E-state index < -0.39 is 0 Å². The summed E-state index contributed by atoms with van der Waals surface area (Å²) in [6, 6.07) is 13.4. The molecule has 0 fully saturated rings. The fourth-order valence-electron chi connectivity index (χ4n) is 2.42. The molecule has 0 atom stereocenters. The first-order chi connectivity index (χ1) is 12.6. The standard InChI is InChI=1S/C19H20N4O2S/c1-12-8-9-14(10-13(12)2)20-17(24)11-26-19-21-18(22-23-19)15-6-4-5-7-16(15)25-3/h4-10H,11H2,1-3H3,(H,20,24)(H,21,22,23). The zero-order valence-corrected chi connectivity index (χ0v) is 15.7. The van der Waals surface area contributed by atoms with Gasteiger partial charge in [0.05, 0.1) is 18.4 Å². The van der Waals surface area contributed by atoms with Gasteiger partial charge in [0.25, 0.3) is 0 Å². The third-order valence-electron chi connectivity index (χ3n) is 3.95. The molecule has 0 bridgehead atoms. The van der Waals surface area contributed by atoms with Crippen molar-refractivity contribution in [2.45, 2.75) is 19.0 Å². The summed E-state index contributed by atoms with van der Waals surface area (Å²) >= 11 is 1.28. The van der Waals surface area contributed by atoms with Crippen molar-refractivity contribution in [3.05, 3.63) is 53.6 Å². The van der Waals surface area contributed by atoms with E-state index in [1.54, 1.807) is 7.11 Å². The Labute approximate surface area is 156 Å². The predicted octanol–water partition coefficient (Wildman–Crippen LogP) is 3.83. The SMILES string of the molecule is COc1ccccc1-c1nc(SCC(=O)Nc2ccc(C)c(C)c2)n[nH]1. The average molecular weight is 368 g/mol. The molecule has 6 nitrogen and oxygen atoms in total. The highest BCUT2D eigenvalue weighted by Gasteiger charge is 2.12. The van der Waals surface area contributed by atoms with Crippen LogP contribution in [0.5, 0.6) is 5.75 Å². The van der Waals surface area contributed by atoms with E-state index in [1.807, 2.05) is 56.3 Å². The van der Waals surface area contributed by atoms with E-state index in [1.165, 1.54) is 17.3 Å². The van der Waals surface area contributed by atoms with Crippen molar-refractivity contribution in [1.82, 2.24) is 15.2 Å². The number of ether oxygens (including phenoxy) is 1. The highest BCUT2D eigenvalue weighted by molar-refractivity contribution is 7.99. The van der Waals surface area contributed by atoms with Crippen molar-refractivity contribution in [1.29, 1.82) is 0 Å². The van der Waals surface area contributed by atoms with Gasteiger partial charge in [-0.1, -0.05) is 30.0 Å². The lowest BCUT2D eigenvalue weighted by Crippen LogP contribution is -2.14. The Morgan fingerprint density at radius 3 is 2.77 bits per heavy atom. The lowest BCUT2D eigenvalue weighted by Gasteiger charge is -2.06. The first-order valence-corrected chi connectivity index (χ1v) is 9.11. The van der Waals surface area contributed by atoms with Crippen LogP contribution in [-0.4, -0.2) is 34.0 Å². The molecule has 1 heterocycles. The molecule has 3 rings (SSSR count). The third kappa shape index (κ3) is 4.23. The van der Waals surface area contributed by atoms with Gasteiger partial charge in [-0.3, -0.25) is 9.89 Å². The van der Waals surface area contributed by atoms with Gasteiger partial charge in [0, 0.05) is 5.69 Å². The number of aryl methyl sites for hydroxylation is 2. The number of aromatic amines is 1. The number of hydrogen-bond donors (Lipinski definition) is 2. The minimum Gasteiger partial charge on any atom is -0.496 e. The van der Waals surface area contributed by atoms with E-state index in [0.717, 1.165) is 16.8 Å². The van der Waals surface area contributed by atoms with Crippen molar-refractivity contribution < 1.29 is 9.53 Å². The average Bonchev–Trinajstić information content (AvgIpc) is 3.12. The molecule has 2 N–H and O–H groups in total. The molecule has 3 aromatic rings. The number of anilines is 1. The number of H-pyrrole nitrogens is 1. The molecule has 0 saturated carbocycles. The molecule has 0 unspecified atom stereocenters. The summed E-state index contributed by atoms with van der Waals surface area (Å²) < 4.78 is 5.33. The van der Waals surface area contributed by atoms with Crippen LogP contribution >= 0.6 is 11.8 Å². The third-order valence-corrected chi connectivity index (χ3v) is 4.80. The minimum absolute atomic E-state index is 0.0955. The van der Waals surface area contributed by atoms with Gasteiger partial charge < -0.3 is 10.1 Å². The van der Waals surface area contributed by atoms with Crippen molar-refractivity contribution in [3.63, 3.8) is 0 Å². The largest absolute Gasteiger partial charge is 0.496 e. The second-order valence-electron chi connectivity index (χ2n) is 5.80. The summed E-state index contributed by atoms with van der Waals surface area (Å²) in [5.74, 6) is 1.46. The Morgan fingerprint density at radius 2 is 2.00 bits per heavy atom. The summed E-state index contributed by atoms with van der Waals surface area (Å²) in [6.45, 7) is 4.06. The number of nitrogens with zero attached hydrogens (tertiary/aromatic N) is 2. The first kappa shape index (κ1) is 18.0. The molecule has 1 amide bonds. The Hall–Kier alpha value is -2.80. The smallest absolute Gasteiger partial charge is 0.234 e. The summed E-state index contributed by atoms with van der Waals surface area (Å²) in [5.41, 5.74) is 3.96. The maximum Gasteiger partial charge on any atom is 0.234 e. The number of benzene rings is 2. The number of methoxy groups -OCH3 is 1. The topological polar surface area (TPSA) is 79.9 Å². The molecule has 2 aromatic carbocycles. The minimum atomic E-state index is -0.0955. The van der Waals surface area contributed by atoms with Gasteiger partial charge in [-0.2, -0.15) is 0 Å². The molecule has 7 heteroatoms. The number of hydrogen-bond acceptors (Lipinski definition) is 5. The number of nitrogens with one attached hydrogen (secondary N) is 2. The van der Waals surface area contributed by atoms with Gasteiger partial charge in [-0.25, -0.2) is 4.98 Å². The van der Waals surface area contributed by atoms with Crippen LogP contribution in [0.4, 0.5) is 5.69 Å². The lowest BCUT2D eigenvalue weighted by molar-refractivity contribution is -0.113. The Kier molecular flexibility index (Phi) is 5.58. The van der Waals surface area contributed by atoms with E-state index in [2.05, 4.69) is 20.5 Å². The number of carbonyl (C=O) groups is 1. The zero-order valence-electron chi connectivity index (χ0n) is 14.9. The van der Waals surface area contributed by atoms with Crippen molar-refractivity contribution in [2.75, 3.05) is 18.2 Å². The van der Waals surface area contributed by atoms with E-state index in [9.17, 15) is 4.79 Å². The molecule has 0 aliphatic rings. The Morgan fingerprint density at radius 1 is 1.19 bits per heavy atom. The van der Waals surface area contributed by atoms with Crippen LogP contribution < -0.4 is 10.1 Å². The maximum absolute atomic E-state index is 12.1. The molecule has 0 saturated heterocycles. The van der Waals surface area contributed by atoms with Gasteiger partial charge in [0.1, 0.15) is 5.75 Å². The number of para-hydroxylation sites is 1.